The van der Waals surface area contributed by atoms with Gasteiger partial charge in [0.1, 0.15) is 34.5 Å². The number of hydrogen-bond donors (Lipinski definition) is 1. The number of halogens is 1. The maximum Gasteiger partial charge on any atom is 0.279 e. The molecule has 4 rings (SSSR count). The predicted octanol–water partition coefficient (Wildman–Crippen LogP) is 4.32. The number of furan rings is 1. The summed E-state index contributed by atoms with van der Waals surface area (Å²) in [6.07, 6.45) is 1.55. The third-order valence-corrected chi connectivity index (χ3v) is 5.37. The van der Waals surface area contributed by atoms with Crippen LogP contribution in [-0.2, 0) is 11.3 Å². The summed E-state index contributed by atoms with van der Waals surface area (Å²) in [5, 5.41) is 0.472. The van der Waals surface area contributed by atoms with Gasteiger partial charge in [0.25, 0.3) is 5.91 Å². The molecule has 1 aliphatic heterocycles. The van der Waals surface area contributed by atoms with Crippen LogP contribution in [-0.4, -0.2) is 38.1 Å². The van der Waals surface area contributed by atoms with E-state index in [1.165, 1.54) is 4.90 Å². The number of ether oxygens (including phenoxy) is 3. The van der Waals surface area contributed by atoms with Gasteiger partial charge in [0.15, 0.2) is 0 Å². The Hall–Kier alpha value is -3.91. The second-order valence-electron chi connectivity index (χ2n) is 7.16. The fourth-order valence-electron chi connectivity index (χ4n) is 3.40. The van der Waals surface area contributed by atoms with Gasteiger partial charge < -0.3 is 24.4 Å². The lowest BCUT2D eigenvalue weighted by atomic mass is 10.1. The zero-order chi connectivity index (χ0) is 23.5. The molecule has 2 heterocycles. The minimum atomic E-state index is -0.334. The molecule has 8 nitrogen and oxygen atoms in total. The molecule has 33 heavy (non-hydrogen) atoms. The number of benzene rings is 2. The van der Waals surface area contributed by atoms with E-state index < -0.39 is 0 Å². The maximum absolute atomic E-state index is 13.0. The normalized spacial score (nSPS) is 14.5. The summed E-state index contributed by atoms with van der Waals surface area (Å²) < 4.78 is 21.6. The molecule has 170 valence electrons. The lowest BCUT2D eigenvalue weighted by molar-refractivity contribution is -0.123. The topological polar surface area (TPSA) is 99.5 Å². The average Bonchev–Trinajstić information content (AvgIpc) is 3.39. The number of rotatable bonds is 7. The van der Waals surface area contributed by atoms with Gasteiger partial charge in [0, 0.05) is 17.7 Å². The van der Waals surface area contributed by atoms with E-state index in [9.17, 15) is 4.79 Å². The fourth-order valence-corrected chi connectivity index (χ4v) is 3.66. The molecule has 0 bridgehead atoms. The number of hydrogen-bond acceptors (Lipinski definition) is 7. The highest BCUT2D eigenvalue weighted by Crippen LogP contribution is 2.32. The van der Waals surface area contributed by atoms with Crippen molar-refractivity contribution in [3.8, 4) is 28.6 Å². The maximum atomic E-state index is 13.0. The van der Waals surface area contributed by atoms with E-state index in [4.69, 9.17) is 36.0 Å². The third kappa shape index (κ3) is 4.65. The van der Waals surface area contributed by atoms with Crippen LogP contribution in [0.1, 0.15) is 11.3 Å². The Balaban J connectivity index is 1.54. The van der Waals surface area contributed by atoms with E-state index in [1.807, 2.05) is 18.2 Å². The monoisotopic (exact) mass is 467 g/mol. The lowest BCUT2D eigenvalue weighted by Gasteiger charge is -2.16. The van der Waals surface area contributed by atoms with Crippen molar-refractivity contribution in [2.45, 2.75) is 6.54 Å². The van der Waals surface area contributed by atoms with Gasteiger partial charge >= 0.3 is 0 Å². The molecule has 0 aliphatic carbocycles. The number of carbonyl (C=O) groups is 1. The van der Waals surface area contributed by atoms with Crippen LogP contribution in [0.3, 0.4) is 0 Å². The molecule has 0 unspecified atom stereocenters. The number of methoxy groups -OCH3 is 3. The van der Waals surface area contributed by atoms with E-state index in [2.05, 4.69) is 4.99 Å². The second-order valence-corrected chi connectivity index (χ2v) is 7.57. The van der Waals surface area contributed by atoms with Gasteiger partial charge in [0.05, 0.1) is 32.9 Å². The van der Waals surface area contributed by atoms with Crippen molar-refractivity contribution >= 4 is 29.5 Å². The van der Waals surface area contributed by atoms with Crippen LogP contribution in [0.25, 0.3) is 17.4 Å². The van der Waals surface area contributed by atoms with E-state index in [0.717, 1.165) is 11.1 Å². The van der Waals surface area contributed by atoms with Gasteiger partial charge in [0.2, 0.25) is 5.96 Å². The minimum absolute atomic E-state index is 0.0988. The molecule has 0 saturated carbocycles. The standard InChI is InChI=1S/C24H22ClN3O5/c1-30-17-8-14(9-18(11-17)31-2)13-28-23(29)20(27-24(28)26)12-16-5-7-21(33-16)15-4-6-22(32-3)19(25)10-15/h4-12H,13H2,1-3H3,(H2,26,27). The first-order valence-corrected chi connectivity index (χ1v) is 10.3. The Bertz CT molecular complexity index is 1240. The summed E-state index contributed by atoms with van der Waals surface area (Å²) in [7, 11) is 4.68. The van der Waals surface area contributed by atoms with Gasteiger partial charge in [-0.1, -0.05) is 11.6 Å². The molecule has 0 radical (unpaired) electrons. The molecule has 0 spiro atoms. The quantitative estimate of drug-likeness (QED) is 0.519. The van der Waals surface area contributed by atoms with E-state index in [-0.39, 0.29) is 24.1 Å². The highest BCUT2D eigenvalue weighted by atomic mass is 35.5. The molecule has 0 fully saturated rings. The largest absolute Gasteiger partial charge is 0.497 e. The van der Waals surface area contributed by atoms with Crippen LogP contribution < -0.4 is 19.9 Å². The summed E-state index contributed by atoms with van der Waals surface area (Å²) >= 11 is 6.20. The molecule has 1 amide bonds. The zero-order valence-corrected chi connectivity index (χ0v) is 19.1. The molecular formula is C24H22ClN3O5. The van der Waals surface area contributed by atoms with E-state index in [0.29, 0.717) is 33.8 Å². The molecule has 1 aromatic heterocycles. The first kappa shape index (κ1) is 22.3. The molecule has 0 atom stereocenters. The minimum Gasteiger partial charge on any atom is -0.497 e. The van der Waals surface area contributed by atoms with Gasteiger partial charge in [-0.2, -0.15) is 0 Å². The average molecular weight is 468 g/mol. The van der Waals surface area contributed by atoms with Crippen LogP contribution in [0.15, 0.2) is 63.6 Å². The zero-order valence-electron chi connectivity index (χ0n) is 18.3. The van der Waals surface area contributed by atoms with Crippen molar-refractivity contribution in [3.05, 3.63) is 70.6 Å². The molecule has 1 aliphatic rings. The molecule has 0 saturated heterocycles. The summed E-state index contributed by atoms with van der Waals surface area (Å²) in [4.78, 5) is 18.6. The second kappa shape index (κ2) is 9.30. The van der Waals surface area contributed by atoms with Crippen LogP contribution in [0.5, 0.6) is 17.2 Å². The van der Waals surface area contributed by atoms with Crippen molar-refractivity contribution in [2.75, 3.05) is 21.3 Å². The predicted molar refractivity (Wildman–Crippen MR) is 125 cm³/mol. The number of amides is 1. The number of nitrogens with two attached hydrogens (primary N) is 1. The van der Waals surface area contributed by atoms with Crippen molar-refractivity contribution < 1.29 is 23.4 Å². The number of nitrogens with zero attached hydrogens (tertiary/aromatic N) is 2. The Morgan fingerprint density at radius 2 is 1.76 bits per heavy atom. The van der Waals surface area contributed by atoms with E-state index >= 15 is 0 Å². The molecule has 9 heteroatoms. The summed E-state index contributed by atoms with van der Waals surface area (Å²) in [6.45, 7) is 0.215. The first-order chi connectivity index (χ1) is 15.9. The van der Waals surface area contributed by atoms with Crippen molar-refractivity contribution in [1.29, 1.82) is 0 Å². The van der Waals surface area contributed by atoms with Crippen LogP contribution >= 0.6 is 11.6 Å². The van der Waals surface area contributed by atoms with Gasteiger partial charge in [-0.05, 0) is 48.0 Å². The van der Waals surface area contributed by atoms with Gasteiger partial charge in [-0.25, -0.2) is 4.99 Å². The van der Waals surface area contributed by atoms with Crippen LogP contribution in [0, 0.1) is 0 Å². The lowest BCUT2D eigenvalue weighted by Crippen LogP contribution is -2.36. The van der Waals surface area contributed by atoms with Crippen LogP contribution in [0.4, 0.5) is 0 Å². The third-order valence-electron chi connectivity index (χ3n) is 5.07. The molecule has 2 N–H and O–H groups in total. The number of guanidine groups is 1. The van der Waals surface area contributed by atoms with Crippen molar-refractivity contribution in [1.82, 2.24) is 4.90 Å². The Morgan fingerprint density at radius 3 is 2.39 bits per heavy atom. The summed E-state index contributed by atoms with van der Waals surface area (Å²) in [5.74, 6) is 2.62. The Labute approximate surface area is 195 Å². The first-order valence-electron chi connectivity index (χ1n) is 9.95. The van der Waals surface area contributed by atoms with Gasteiger partial charge in [-0.15, -0.1) is 0 Å². The smallest absolute Gasteiger partial charge is 0.279 e. The Kier molecular flexibility index (Phi) is 6.28. The summed E-state index contributed by atoms with van der Waals surface area (Å²) in [6, 6.07) is 14.2. The molecule has 2 aromatic carbocycles. The number of carbonyl (C=O) groups excluding carboxylic acids is 1. The van der Waals surface area contributed by atoms with Crippen molar-refractivity contribution in [2.24, 2.45) is 10.7 Å². The SMILES string of the molecule is COc1cc(CN2C(=O)C(=Cc3ccc(-c4ccc(OC)c(Cl)c4)o3)N=C2N)cc(OC)c1. The molecular weight excluding hydrogens is 446 g/mol. The van der Waals surface area contributed by atoms with Crippen molar-refractivity contribution in [3.63, 3.8) is 0 Å². The Morgan fingerprint density at radius 1 is 1.03 bits per heavy atom. The fraction of sp³-hybridized carbons (Fsp3) is 0.167. The highest BCUT2D eigenvalue weighted by Gasteiger charge is 2.29. The summed E-state index contributed by atoms with van der Waals surface area (Å²) in [5.41, 5.74) is 7.78. The van der Waals surface area contributed by atoms with Crippen LogP contribution in [0.2, 0.25) is 5.02 Å². The highest BCUT2D eigenvalue weighted by molar-refractivity contribution is 6.32. The molecule has 3 aromatic rings. The van der Waals surface area contributed by atoms with Gasteiger partial charge in [-0.3, -0.25) is 9.69 Å². The van der Waals surface area contributed by atoms with E-state index in [1.54, 1.807) is 57.7 Å². The number of aliphatic imine (C=N–C) groups is 1.